The molecule has 1 fully saturated rings. The largest absolute Gasteiger partial charge is 0.309 e. The average Bonchev–Trinajstić information content (AvgIpc) is 2.86. The summed E-state index contributed by atoms with van der Waals surface area (Å²) in [6, 6.07) is 0.782. The molecule has 0 radical (unpaired) electrons. The summed E-state index contributed by atoms with van der Waals surface area (Å²) in [5, 5.41) is 4.81. The second kappa shape index (κ2) is 3.87. The number of aromatic nitrogens is 1. The van der Waals surface area contributed by atoms with Crippen LogP contribution in [0.25, 0.3) is 0 Å². The van der Waals surface area contributed by atoms with E-state index in [0.29, 0.717) is 0 Å². The number of nitrogens with zero attached hydrogens (tertiary/aromatic N) is 1. The predicted molar refractivity (Wildman–Crippen MR) is 65.4 cm³/mol. The van der Waals surface area contributed by atoms with Gasteiger partial charge in [-0.3, -0.25) is 0 Å². The summed E-state index contributed by atoms with van der Waals surface area (Å²) in [6.07, 6.45) is 2.70. The molecule has 3 heteroatoms. The Labute approximate surface area is 96.1 Å². The van der Waals surface area contributed by atoms with E-state index in [2.05, 4.69) is 38.0 Å². The molecule has 0 bridgehead atoms. The first kappa shape index (κ1) is 11.1. The molecule has 0 unspecified atom stereocenters. The number of hydrogen-bond donors (Lipinski definition) is 1. The van der Waals surface area contributed by atoms with Crippen LogP contribution in [0.2, 0.25) is 0 Å². The third-order valence-corrected chi connectivity index (χ3v) is 4.25. The van der Waals surface area contributed by atoms with Crippen LogP contribution in [0, 0.1) is 6.92 Å². The van der Waals surface area contributed by atoms with Crippen molar-refractivity contribution < 1.29 is 0 Å². The van der Waals surface area contributed by atoms with Crippen molar-refractivity contribution in [3.63, 3.8) is 0 Å². The second-order valence-electron chi connectivity index (χ2n) is 5.43. The summed E-state index contributed by atoms with van der Waals surface area (Å²) < 4.78 is 0. The lowest BCUT2D eigenvalue weighted by Crippen LogP contribution is -2.14. The number of rotatable bonds is 3. The predicted octanol–water partition coefficient (Wildman–Crippen LogP) is 3.00. The van der Waals surface area contributed by atoms with E-state index in [9.17, 15) is 0 Å². The van der Waals surface area contributed by atoms with Crippen molar-refractivity contribution in [2.45, 2.75) is 58.5 Å². The van der Waals surface area contributed by atoms with E-state index >= 15 is 0 Å². The normalized spacial score (nSPS) is 17.1. The molecule has 1 N–H and O–H groups in total. The molecule has 1 aliphatic rings. The lowest BCUT2D eigenvalue weighted by Gasteiger charge is -2.13. The van der Waals surface area contributed by atoms with Gasteiger partial charge in [-0.1, -0.05) is 20.8 Å². The minimum atomic E-state index is 0.188. The SMILES string of the molecule is Cc1nc(C(C)(C)C)sc1CNC1CC1. The van der Waals surface area contributed by atoms with Gasteiger partial charge < -0.3 is 5.32 Å². The molecule has 1 saturated carbocycles. The molecule has 0 aliphatic heterocycles. The number of thiazole rings is 1. The van der Waals surface area contributed by atoms with Gasteiger partial charge >= 0.3 is 0 Å². The number of nitrogens with one attached hydrogen (secondary N) is 1. The summed E-state index contributed by atoms with van der Waals surface area (Å²) in [7, 11) is 0. The van der Waals surface area contributed by atoms with E-state index in [4.69, 9.17) is 0 Å². The van der Waals surface area contributed by atoms with Crippen LogP contribution < -0.4 is 5.32 Å². The van der Waals surface area contributed by atoms with Gasteiger partial charge in [-0.15, -0.1) is 11.3 Å². The summed E-state index contributed by atoms with van der Waals surface area (Å²) >= 11 is 1.86. The fraction of sp³-hybridized carbons (Fsp3) is 0.750. The number of aryl methyl sites for hydroxylation is 1. The topological polar surface area (TPSA) is 24.9 Å². The first-order valence-electron chi connectivity index (χ1n) is 5.67. The summed E-state index contributed by atoms with van der Waals surface area (Å²) in [6.45, 7) is 9.80. The highest BCUT2D eigenvalue weighted by Crippen LogP contribution is 2.29. The van der Waals surface area contributed by atoms with Crippen molar-refractivity contribution in [1.82, 2.24) is 10.3 Å². The minimum absolute atomic E-state index is 0.188. The highest BCUT2D eigenvalue weighted by atomic mass is 32.1. The van der Waals surface area contributed by atoms with Gasteiger partial charge in [-0.05, 0) is 19.8 Å². The maximum Gasteiger partial charge on any atom is 0.0984 e. The monoisotopic (exact) mass is 224 g/mol. The smallest absolute Gasteiger partial charge is 0.0984 e. The molecule has 1 heterocycles. The van der Waals surface area contributed by atoms with Crippen LogP contribution in [-0.2, 0) is 12.0 Å². The van der Waals surface area contributed by atoms with Gasteiger partial charge in [-0.25, -0.2) is 4.98 Å². The standard InChI is InChI=1S/C12H20N2S/c1-8-10(7-13-9-5-6-9)15-11(14-8)12(2,3)4/h9,13H,5-7H2,1-4H3. The van der Waals surface area contributed by atoms with Crippen LogP contribution in [0.15, 0.2) is 0 Å². The average molecular weight is 224 g/mol. The summed E-state index contributed by atoms with van der Waals surface area (Å²) in [4.78, 5) is 6.07. The summed E-state index contributed by atoms with van der Waals surface area (Å²) in [5.74, 6) is 0. The third kappa shape index (κ3) is 2.79. The van der Waals surface area contributed by atoms with Crippen LogP contribution in [0.5, 0.6) is 0 Å². The molecule has 0 aromatic carbocycles. The Balaban J connectivity index is 2.06. The molecule has 1 aliphatic carbocycles. The van der Waals surface area contributed by atoms with Crippen LogP contribution in [0.3, 0.4) is 0 Å². The van der Waals surface area contributed by atoms with Crippen LogP contribution >= 0.6 is 11.3 Å². The minimum Gasteiger partial charge on any atom is -0.309 e. The van der Waals surface area contributed by atoms with Gasteiger partial charge in [-0.2, -0.15) is 0 Å². The van der Waals surface area contributed by atoms with Crippen LogP contribution in [0.4, 0.5) is 0 Å². The molecular weight excluding hydrogens is 204 g/mol. The van der Waals surface area contributed by atoms with Crippen LogP contribution in [0.1, 0.15) is 49.2 Å². The second-order valence-corrected chi connectivity index (χ2v) is 6.52. The molecule has 0 saturated heterocycles. The zero-order chi connectivity index (χ0) is 11.1. The van der Waals surface area contributed by atoms with Crippen LogP contribution in [-0.4, -0.2) is 11.0 Å². The van der Waals surface area contributed by atoms with Gasteiger partial charge in [0.25, 0.3) is 0 Å². The van der Waals surface area contributed by atoms with Gasteiger partial charge in [0, 0.05) is 22.9 Å². The van der Waals surface area contributed by atoms with Crippen molar-refractivity contribution in [1.29, 1.82) is 0 Å². The molecule has 0 amide bonds. The Bertz CT molecular complexity index is 345. The maximum absolute atomic E-state index is 4.66. The third-order valence-electron chi connectivity index (χ3n) is 2.66. The zero-order valence-electron chi connectivity index (χ0n) is 10.1. The molecule has 15 heavy (non-hydrogen) atoms. The first-order chi connectivity index (χ1) is 6.97. The Morgan fingerprint density at radius 2 is 2.07 bits per heavy atom. The Hall–Kier alpha value is -0.410. The molecular formula is C12H20N2S. The van der Waals surface area contributed by atoms with E-state index in [1.54, 1.807) is 0 Å². The maximum atomic E-state index is 4.66. The highest BCUT2D eigenvalue weighted by molar-refractivity contribution is 7.11. The van der Waals surface area contributed by atoms with E-state index in [-0.39, 0.29) is 5.41 Å². The fourth-order valence-electron chi connectivity index (χ4n) is 1.44. The van der Waals surface area contributed by atoms with Gasteiger partial charge in [0.2, 0.25) is 0 Å². The van der Waals surface area contributed by atoms with Crippen molar-refractivity contribution in [2.75, 3.05) is 0 Å². The zero-order valence-corrected chi connectivity index (χ0v) is 10.9. The Morgan fingerprint density at radius 1 is 1.40 bits per heavy atom. The lowest BCUT2D eigenvalue weighted by atomic mass is 9.98. The molecule has 0 atom stereocenters. The van der Waals surface area contributed by atoms with Gasteiger partial charge in [0.1, 0.15) is 0 Å². The molecule has 2 rings (SSSR count). The molecule has 84 valence electrons. The van der Waals surface area contributed by atoms with E-state index in [1.165, 1.54) is 28.4 Å². The van der Waals surface area contributed by atoms with Crippen molar-refractivity contribution in [3.05, 3.63) is 15.6 Å². The molecule has 2 nitrogen and oxygen atoms in total. The molecule has 0 spiro atoms. The van der Waals surface area contributed by atoms with Crippen molar-refractivity contribution >= 4 is 11.3 Å². The first-order valence-corrected chi connectivity index (χ1v) is 6.48. The quantitative estimate of drug-likeness (QED) is 0.853. The van der Waals surface area contributed by atoms with E-state index in [1.807, 2.05) is 11.3 Å². The van der Waals surface area contributed by atoms with E-state index < -0.39 is 0 Å². The summed E-state index contributed by atoms with van der Waals surface area (Å²) in [5.41, 5.74) is 1.39. The molecule has 1 aromatic rings. The van der Waals surface area contributed by atoms with Crippen molar-refractivity contribution in [3.8, 4) is 0 Å². The fourth-order valence-corrected chi connectivity index (χ4v) is 2.51. The lowest BCUT2D eigenvalue weighted by molar-refractivity contribution is 0.584. The van der Waals surface area contributed by atoms with Crippen molar-refractivity contribution in [2.24, 2.45) is 0 Å². The Kier molecular flexibility index (Phi) is 2.86. The van der Waals surface area contributed by atoms with E-state index in [0.717, 1.165) is 12.6 Å². The van der Waals surface area contributed by atoms with Gasteiger partial charge in [0.05, 0.1) is 10.7 Å². The Morgan fingerprint density at radius 3 is 2.53 bits per heavy atom. The molecule has 1 aromatic heterocycles. The van der Waals surface area contributed by atoms with Gasteiger partial charge in [0.15, 0.2) is 0 Å². The highest BCUT2D eigenvalue weighted by Gasteiger charge is 2.23. The number of hydrogen-bond acceptors (Lipinski definition) is 3.